The lowest BCUT2D eigenvalue weighted by molar-refractivity contribution is 0.0603. The van der Waals surface area contributed by atoms with Gasteiger partial charge >= 0.3 is 5.97 Å². The molecule has 0 spiro atoms. The Balaban J connectivity index is 1.84. The molecule has 6 nitrogen and oxygen atoms in total. The molecule has 0 radical (unpaired) electrons. The Hall–Kier alpha value is -3.28. The van der Waals surface area contributed by atoms with Gasteiger partial charge in [-0.2, -0.15) is 0 Å². The van der Waals surface area contributed by atoms with Crippen LogP contribution in [0.15, 0.2) is 48.7 Å². The Morgan fingerprint density at radius 1 is 1.08 bits per heavy atom. The van der Waals surface area contributed by atoms with Gasteiger partial charge in [-0.1, -0.05) is 18.2 Å². The molecular weight excluding hydrogens is 310 g/mol. The average molecular weight is 323 g/mol. The summed E-state index contributed by atoms with van der Waals surface area (Å²) >= 11 is 0. The number of fused-ring (bicyclic) bond motifs is 2. The third kappa shape index (κ3) is 2.11. The number of hydrogen-bond donors (Lipinski definition) is 0. The van der Waals surface area contributed by atoms with E-state index in [1.807, 2.05) is 12.1 Å². The number of ether oxygens (including phenoxy) is 3. The molecule has 2 heterocycles. The van der Waals surface area contributed by atoms with Gasteiger partial charge in [-0.3, -0.25) is 9.36 Å². The zero-order chi connectivity index (χ0) is 16.7. The summed E-state index contributed by atoms with van der Waals surface area (Å²) in [6.45, 7) is 0.145. The van der Waals surface area contributed by atoms with Crippen molar-refractivity contribution in [3.05, 3.63) is 59.8 Å². The van der Waals surface area contributed by atoms with Crippen molar-refractivity contribution in [2.24, 2.45) is 0 Å². The van der Waals surface area contributed by atoms with Gasteiger partial charge in [-0.15, -0.1) is 0 Å². The third-order valence-corrected chi connectivity index (χ3v) is 3.96. The van der Waals surface area contributed by atoms with E-state index in [0.717, 1.165) is 0 Å². The summed E-state index contributed by atoms with van der Waals surface area (Å²) in [7, 11) is 1.31. The maximum atomic E-state index is 12.9. The van der Waals surface area contributed by atoms with E-state index in [9.17, 15) is 9.59 Å². The Labute approximate surface area is 137 Å². The van der Waals surface area contributed by atoms with Crippen LogP contribution in [0.25, 0.3) is 10.9 Å². The minimum atomic E-state index is -0.483. The Morgan fingerprint density at radius 2 is 1.88 bits per heavy atom. The number of benzene rings is 2. The van der Waals surface area contributed by atoms with Crippen LogP contribution < -0.4 is 9.47 Å². The molecule has 0 bridgehead atoms. The maximum Gasteiger partial charge on any atom is 0.340 e. The second kappa shape index (κ2) is 5.42. The summed E-state index contributed by atoms with van der Waals surface area (Å²) in [6, 6.07) is 12.2. The molecule has 0 atom stereocenters. The highest BCUT2D eigenvalue weighted by Crippen LogP contribution is 2.33. The van der Waals surface area contributed by atoms with Crippen LogP contribution in [-0.2, 0) is 4.74 Å². The first-order valence-corrected chi connectivity index (χ1v) is 7.32. The number of aromatic nitrogens is 1. The number of esters is 1. The van der Waals surface area contributed by atoms with Crippen molar-refractivity contribution in [3.8, 4) is 11.5 Å². The van der Waals surface area contributed by atoms with Gasteiger partial charge in [0.2, 0.25) is 6.79 Å². The van der Waals surface area contributed by atoms with E-state index in [2.05, 4.69) is 0 Å². The van der Waals surface area contributed by atoms with Crippen molar-refractivity contribution in [2.45, 2.75) is 0 Å². The summed E-state index contributed by atoms with van der Waals surface area (Å²) in [4.78, 5) is 24.9. The normalized spacial score (nSPS) is 12.4. The molecule has 0 fully saturated rings. The van der Waals surface area contributed by atoms with Crippen molar-refractivity contribution in [1.29, 1.82) is 0 Å². The van der Waals surface area contributed by atoms with Crippen LogP contribution in [0.3, 0.4) is 0 Å². The van der Waals surface area contributed by atoms with Gasteiger partial charge in [0.25, 0.3) is 5.91 Å². The van der Waals surface area contributed by atoms with E-state index in [4.69, 9.17) is 14.2 Å². The van der Waals surface area contributed by atoms with Crippen molar-refractivity contribution in [2.75, 3.05) is 13.9 Å². The predicted octanol–water partition coefficient (Wildman–Crippen LogP) is 2.85. The molecule has 0 aliphatic carbocycles. The average Bonchev–Trinajstić information content (AvgIpc) is 3.24. The SMILES string of the molecule is COC(=O)c1cn(C(=O)c2ccc3c(c2)OCO3)c2ccccc12. The molecule has 0 unspecified atom stereocenters. The molecule has 4 rings (SSSR count). The van der Waals surface area contributed by atoms with Crippen LogP contribution in [0.2, 0.25) is 0 Å². The van der Waals surface area contributed by atoms with Crippen LogP contribution in [0.4, 0.5) is 0 Å². The predicted molar refractivity (Wildman–Crippen MR) is 85.6 cm³/mol. The van der Waals surface area contributed by atoms with E-state index in [1.165, 1.54) is 17.9 Å². The number of nitrogens with zero attached hydrogens (tertiary/aromatic N) is 1. The standard InChI is InChI=1S/C18H13NO5/c1-22-18(21)13-9-19(14-5-3-2-4-12(13)14)17(20)11-6-7-15-16(8-11)24-10-23-15/h2-9H,10H2,1H3. The number of rotatable bonds is 2. The molecule has 0 amide bonds. The molecule has 1 aliphatic rings. The Kier molecular flexibility index (Phi) is 3.23. The Morgan fingerprint density at radius 3 is 2.71 bits per heavy atom. The largest absolute Gasteiger partial charge is 0.465 e. The number of carbonyl (C=O) groups excluding carboxylic acids is 2. The van der Waals surface area contributed by atoms with Gasteiger partial charge in [-0.05, 0) is 24.3 Å². The van der Waals surface area contributed by atoms with Crippen molar-refractivity contribution < 1.29 is 23.8 Å². The number of carbonyl (C=O) groups is 2. The fourth-order valence-corrected chi connectivity index (χ4v) is 2.79. The first-order chi connectivity index (χ1) is 11.7. The molecule has 24 heavy (non-hydrogen) atoms. The summed E-state index contributed by atoms with van der Waals surface area (Å²) in [6.07, 6.45) is 1.50. The van der Waals surface area contributed by atoms with Gasteiger partial charge in [0.05, 0.1) is 18.2 Å². The van der Waals surface area contributed by atoms with E-state index < -0.39 is 5.97 Å². The second-order valence-corrected chi connectivity index (χ2v) is 5.29. The summed E-state index contributed by atoms with van der Waals surface area (Å²) in [5, 5.41) is 0.665. The fourth-order valence-electron chi connectivity index (χ4n) is 2.79. The molecule has 120 valence electrons. The molecule has 3 aromatic rings. The topological polar surface area (TPSA) is 66.8 Å². The number of hydrogen-bond acceptors (Lipinski definition) is 5. The molecular formula is C18H13NO5. The monoisotopic (exact) mass is 323 g/mol. The van der Waals surface area contributed by atoms with Crippen LogP contribution in [0, 0.1) is 0 Å². The lowest BCUT2D eigenvalue weighted by atomic mass is 10.1. The van der Waals surface area contributed by atoms with E-state index in [0.29, 0.717) is 33.5 Å². The fraction of sp³-hybridized carbons (Fsp3) is 0.111. The molecule has 1 aliphatic heterocycles. The Bertz CT molecular complexity index is 973. The zero-order valence-corrected chi connectivity index (χ0v) is 12.8. The first kappa shape index (κ1) is 14.3. The van der Waals surface area contributed by atoms with Gasteiger partial charge < -0.3 is 14.2 Å². The number of para-hydroxylation sites is 1. The summed E-state index contributed by atoms with van der Waals surface area (Å²) in [5.74, 6) is 0.396. The molecule has 6 heteroatoms. The first-order valence-electron chi connectivity index (χ1n) is 7.32. The van der Waals surface area contributed by atoms with Crippen LogP contribution in [0.5, 0.6) is 11.5 Å². The molecule has 0 saturated heterocycles. The van der Waals surface area contributed by atoms with Gasteiger partial charge in [0.15, 0.2) is 11.5 Å². The third-order valence-electron chi connectivity index (χ3n) is 3.96. The highest BCUT2D eigenvalue weighted by molar-refractivity contribution is 6.10. The maximum absolute atomic E-state index is 12.9. The van der Waals surface area contributed by atoms with E-state index in [-0.39, 0.29) is 12.7 Å². The molecule has 0 N–H and O–H groups in total. The minimum absolute atomic E-state index is 0.145. The lowest BCUT2D eigenvalue weighted by Gasteiger charge is -2.05. The van der Waals surface area contributed by atoms with Crippen molar-refractivity contribution >= 4 is 22.8 Å². The molecule has 1 aromatic heterocycles. The molecule has 2 aromatic carbocycles. The van der Waals surface area contributed by atoms with Crippen LogP contribution in [0.1, 0.15) is 20.7 Å². The highest BCUT2D eigenvalue weighted by Gasteiger charge is 2.21. The van der Waals surface area contributed by atoms with Gasteiger partial charge in [0.1, 0.15) is 0 Å². The van der Waals surface area contributed by atoms with Crippen molar-refractivity contribution in [1.82, 2.24) is 4.57 Å². The van der Waals surface area contributed by atoms with E-state index >= 15 is 0 Å². The van der Waals surface area contributed by atoms with Gasteiger partial charge in [-0.25, -0.2) is 4.79 Å². The second-order valence-electron chi connectivity index (χ2n) is 5.29. The highest BCUT2D eigenvalue weighted by atomic mass is 16.7. The zero-order valence-electron chi connectivity index (χ0n) is 12.8. The number of methoxy groups -OCH3 is 1. The van der Waals surface area contributed by atoms with Crippen LogP contribution >= 0.6 is 0 Å². The quantitative estimate of drug-likeness (QED) is 0.678. The minimum Gasteiger partial charge on any atom is -0.465 e. The van der Waals surface area contributed by atoms with Crippen molar-refractivity contribution in [3.63, 3.8) is 0 Å². The smallest absolute Gasteiger partial charge is 0.340 e. The lowest BCUT2D eigenvalue weighted by Crippen LogP contribution is -2.11. The van der Waals surface area contributed by atoms with Crippen LogP contribution in [-0.4, -0.2) is 30.3 Å². The van der Waals surface area contributed by atoms with E-state index in [1.54, 1.807) is 30.3 Å². The summed E-state index contributed by atoms with van der Waals surface area (Å²) in [5.41, 5.74) is 1.43. The van der Waals surface area contributed by atoms with Gasteiger partial charge in [0, 0.05) is 17.1 Å². The summed E-state index contributed by atoms with van der Waals surface area (Å²) < 4.78 is 16.8. The molecule has 0 saturated carbocycles.